The number of benzene rings is 3. The first kappa shape index (κ1) is 26.1. The van der Waals surface area contributed by atoms with E-state index in [1.807, 2.05) is 32.0 Å². The van der Waals surface area contributed by atoms with Crippen molar-refractivity contribution in [2.24, 2.45) is 0 Å². The molecule has 1 saturated heterocycles. The zero-order valence-electron chi connectivity index (χ0n) is 21.0. The van der Waals surface area contributed by atoms with Gasteiger partial charge in [-0.15, -0.1) is 0 Å². The van der Waals surface area contributed by atoms with E-state index in [-0.39, 0.29) is 29.2 Å². The number of likely N-dealkylation sites (tertiary alicyclic amines) is 1. The normalized spacial score (nSPS) is 16.8. The van der Waals surface area contributed by atoms with Gasteiger partial charge in [0.05, 0.1) is 30.9 Å². The van der Waals surface area contributed by atoms with Crippen LogP contribution in [-0.2, 0) is 16.1 Å². The number of aliphatic hydroxyl groups excluding tert-OH is 1. The molecule has 1 atom stereocenters. The Hall–Kier alpha value is -3.97. The number of nitrogens with zero attached hydrogens (tertiary/aromatic N) is 1. The van der Waals surface area contributed by atoms with Gasteiger partial charge in [-0.1, -0.05) is 41.4 Å². The number of aromatic hydroxyl groups is 1. The predicted octanol–water partition coefficient (Wildman–Crippen LogP) is 5.69. The minimum atomic E-state index is -0.955. The third-order valence-corrected chi connectivity index (χ3v) is 6.64. The molecule has 1 aliphatic heterocycles. The SMILES string of the molecule is CCOc1cc(C2/C(=C(\O)c3cc(Cl)ccc3OC)C(=O)C(=O)N2Cc2cc(C)ccc2C)ccc1O. The molecular formula is C29H28ClNO6. The quantitative estimate of drug-likeness (QED) is 0.235. The van der Waals surface area contributed by atoms with Crippen molar-refractivity contribution in [1.82, 2.24) is 4.90 Å². The minimum absolute atomic E-state index is 0.0754. The molecule has 0 bridgehead atoms. The van der Waals surface area contributed by atoms with Gasteiger partial charge in [-0.3, -0.25) is 9.59 Å². The van der Waals surface area contributed by atoms with Crippen LogP contribution < -0.4 is 9.47 Å². The van der Waals surface area contributed by atoms with Crippen molar-refractivity contribution in [1.29, 1.82) is 0 Å². The Morgan fingerprint density at radius 1 is 1.03 bits per heavy atom. The number of phenolic OH excluding ortho intramolecular Hbond substituents is 1. The number of aryl methyl sites for hydroxylation is 2. The molecule has 1 amide bonds. The number of carbonyl (C=O) groups excluding carboxylic acids is 2. The van der Waals surface area contributed by atoms with Crippen LogP contribution in [0.3, 0.4) is 0 Å². The second-order valence-electron chi connectivity index (χ2n) is 8.86. The van der Waals surface area contributed by atoms with Crippen LogP contribution >= 0.6 is 11.6 Å². The van der Waals surface area contributed by atoms with Gasteiger partial charge in [-0.2, -0.15) is 0 Å². The molecule has 0 spiro atoms. The van der Waals surface area contributed by atoms with Crippen LogP contribution in [0.15, 0.2) is 60.2 Å². The van der Waals surface area contributed by atoms with Gasteiger partial charge in [0.2, 0.25) is 0 Å². The number of methoxy groups -OCH3 is 1. The molecule has 0 saturated carbocycles. The number of amides is 1. The summed E-state index contributed by atoms with van der Waals surface area (Å²) in [6, 6.07) is 14.2. The summed E-state index contributed by atoms with van der Waals surface area (Å²) in [5, 5.41) is 22.0. The number of halogens is 1. The Balaban J connectivity index is 1.95. The number of ether oxygens (including phenoxy) is 2. The molecule has 0 radical (unpaired) electrons. The fourth-order valence-corrected chi connectivity index (χ4v) is 4.70. The van der Waals surface area contributed by atoms with Gasteiger partial charge in [0.1, 0.15) is 11.5 Å². The first-order valence-electron chi connectivity index (χ1n) is 11.8. The maximum Gasteiger partial charge on any atom is 0.295 e. The Kier molecular flexibility index (Phi) is 7.45. The van der Waals surface area contributed by atoms with E-state index < -0.39 is 23.5 Å². The van der Waals surface area contributed by atoms with Gasteiger partial charge in [0.15, 0.2) is 11.5 Å². The Morgan fingerprint density at radius 3 is 2.49 bits per heavy atom. The number of aliphatic hydroxyl groups is 1. The summed E-state index contributed by atoms with van der Waals surface area (Å²) in [6.07, 6.45) is 0. The summed E-state index contributed by atoms with van der Waals surface area (Å²) >= 11 is 6.19. The van der Waals surface area contributed by atoms with Gasteiger partial charge in [0.25, 0.3) is 11.7 Å². The third-order valence-electron chi connectivity index (χ3n) is 6.40. The number of carbonyl (C=O) groups is 2. The minimum Gasteiger partial charge on any atom is -0.507 e. The molecular weight excluding hydrogens is 494 g/mol. The molecule has 3 aromatic rings. The Morgan fingerprint density at radius 2 is 1.78 bits per heavy atom. The zero-order chi connectivity index (χ0) is 26.9. The van der Waals surface area contributed by atoms with Crippen LogP contribution in [0.25, 0.3) is 5.76 Å². The third kappa shape index (κ3) is 5.00. The monoisotopic (exact) mass is 521 g/mol. The van der Waals surface area contributed by atoms with E-state index in [1.54, 1.807) is 31.2 Å². The molecule has 1 fully saturated rings. The number of rotatable bonds is 7. The van der Waals surface area contributed by atoms with Gasteiger partial charge in [-0.05, 0) is 67.8 Å². The van der Waals surface area contributed by atoms with Gasteiger partial charge < -0.3 is 24.6 Å². The second-order valence-corrected chi connectivity index (χ2v) is 9.30. The van der Waals surface area contributed by atoms with Crippen molar-refractivity contribution in [3.05, 3.63) is 93.0 Å². The Bertz CT molecular complexity index is 1410. The van der Waals surface area contributed by atoms with Gasteiger partial charge >= 0.3 is 0 Å². The molecule has 0 aromatic heterocycles. The Labute approximate surface area is 220 Å². The molecule has 1 heterocycles. The molecule has 1 unspecified atom stereocenters. The fourth-order valence-electron chi connectivity index (χ4n) is 4.53. The standard InChI is InChI=1S/C29H28ClNO6/c1-5-37-24-13-18(8-10-22(24)32)26-25(27(33)21-14-20(30)9-11-23(21)36-4)28(34)29(35)31(26)15-19-12-16(2)6-7-17(19)3/h6-14,26,32-33H,5,15H2,1-4H3/b27-25+. The lowest BCUT2D eigenvalue weighted by Crippen LogP contribution is -2.29. The van der Waals surface area contributed by atoms with Crippen LogP contribution in [0.4, 0.5) is 0 Å². The molecule has 192 valence electrons. The van der Waals surface area contributed by atoms with E-state index >= 15 is 0 Å². The van der Waals surface area contributed by atoms with Gasteiger partial charge in [0, 0.05) is 11.6 Å². The summed E-state index contributed by atoms with van der Waals surface area (Å²) in [5.74, 6) is -1.56. The summed E-state index contributed by atoms with van der Waals surface area (Å²) in [6.45, 7) is 6.11. The fraction of sp³-hybridized carbons (Fsp3) is 0.241. The molecule has 8 heteroatoms. The first-order chi connectivity index (χ1) is 17.7. The summed E-state index contributed by atoms with van der Waals surface area (Å²) < 4.78 is 10.9. The molecule has 3 aromatic carbocycles. The van der Waals surface area contributed by atoms with Gasteiger partial charge in [-0.25, -0.2) is 0 Å². The number of ketones is 1. The van der Waals surface area contributed by atoms with Crippen molar-refractivity contribution >= 4 is 29.1 Å². The summed E-state index contributed by atoms with van der Waals surface area (Å²) in [5.41, 5.74) is 3.42. The zero-order valence-corrected chi connectivity index (χ0v) is 21.8. The molecule has 37 heavy (non-hydrogen) atoms. The average molecular weight is 522 g/mol. The van der Waals surface area contributed by atoms with E-state index in [0.29, 0.717) is 22.9 Å². The lowest BCUT2D eigenvalue weighted by molar-refractivity contribution is -0.140. The smallest absolute Gasteiger partial charge is 0.295 e. The number of Topliss-reactive ketones (excluding diaryl/α,β-unsaturated/α-hetero) is 1. The summed E-state index contributed by atoms with van der Waals surface area (Å²) in [7, 11) is 1.44. The van der Waals surface area contributed by atoms with E-state index in [0.717, 1.165) is 16.7 Å². The molecule has 7 nitrogen and oxygen atoms in total. The first-order valence-corrected chi connectivity index (χ1v) is 12.2. The maximum absolute atomic E-state index is 13.5. The highest BCUT2D eigenvalue weighted by Crippen LogP contribution is 2.44. The summed E-state index contributed by atoms with van der Waals surface area (Å²) in [4.78, 5) is 28.3. The lowest BCUT2D eigenvalue weighted by atomic mass is 9.94. The molecule has 4 rings (SSSR count). The molecule has 2 N–H and O–H groups in total. The van der Waals surface area contributed by atoms with Crippen molar-refractivity contribution < 1.29 is 29.3 Å². The number of phenols is 1. The largest absolute Gasteiger partial charge is 0.507 e. The number of hydrogen-bond acceptors (Lipinski definition) is 6. The topological polar surface area (TPSA) is 96.3 Å². The van der Waals surface area contributed by atoms with Crippen LogP contribution in [0, 0.1) is 13.8 Å². The molecule has 1 aliphatic rings. The van der Waals surface area contributed by atoms with Crippen LogP contribution in [0.1, 0.15) is 40.8 Å². The van der Waals surface area contributed by atoms with Crippen LogP contribution in [0.2, 0.25) is 5.02 Å². The number of hydrogen-bond donors (Lipinski definition) is 2. The predicted molar refractivity (Wildman–Crippen MR) is 141 cm³/mol. The van der Waals surface area contributed by atoms with E-state index in [9.17, 15) is 19.8 Å². The van der Waals surface area contributed by atoms with Crippen LogP contribution in [0.5, 0.6) is 17.2 Å². The van der Waals surface area contributed by atoms with Crippen molar-refractivity contribution in [3.8, 4) is 17.2 Å². The highest BCUT2D eigenvalue weighted by atomic mass is 35.5. The highest BCUT2D eigenvalue weighted by Gasteiger charge is 2.46. The highest BCUT2D eigenvalue weighted by molar-refractivity contribution is 6.46. The van der Waals surface area contributed by atoms with E-state index in [2.05, 4.69) is 0 Å². The second kappa shape index (κ2) is 10.6. The lowest BCUT2D eigenvalue weighted by Gasteiger charge is -2.27. The van der Waals surface area contributed by atoms with Crippen molar-refractivity contribution in [3.63, 3.8) is 0 Å². The maximum atomic E-state index is 13.5. The average Bonchev–Trinajstić information content (AvgIpc) is 3.12. The van der Waals surface area contributed by atoms with Crippen molar-refractivity contribution in [2.75, 3.05) is 13.7 Å². The molecule has 0 aliphatic carbocycles. The van der Waals surface area contributed by atoms with Crippen LogP contribution in [-0.4, -0.2) is 40.5 Å². The van der Waals surface area contributed by atoms with Crippen molar-refractivity contribution in [2.45, 2.75) is 33.4 Å². The van der Waals surface area contributed by atoms with E-state index in [4.69, 9.17) is 21.1 Å². The van der Waals surface area contributed by atoms with E-state index in [1.165, 1.54) is 24.1 Å².